The summed E-state index contributed by atoms with van der Waals surface area (Å²) >= 11 is 0. The Morgan fingerprint density at radius 3 is 3.33 bits per heavy atom. The zero-order valence-electron chi connectivity index (χ0n) is 5.88. The minimum absolute atomic E-state index is 0.583. The summed E-state index contributed by atoms with van der Waals surface area (Å²) in [5.41, 5.74) is 0. The van der Waals surface area contributed by atoms with Gasteiger partial charge in [0.1, 0.15) is 0 Å². The van der Waals surface area contributed by atoms with Gasteiger partial charge in [-0.3, -0.25) is 4.99 Å². The third-order valence-corrected chi connectivity index (χ3v) is 1.66. The minimum atomic E-state index is 0.583. The van der Waals surface area contributed by atoms with E-state index >= 15 is 0 Å². The molecule has 1 heteroatoms. The van der Waals surface area contributed by atoms with Gasteiger partial charge in [-0.25, -0.2) is 0 Å². The monoisotopic (exact) mass is 123 g/mol. The Labute approximate surface area is 56.5 Å². The molecule has 1 heterocycles. The third-order valence-electron chi connectivity index (χ3n) is 1.66. The van der Waals surface area contributed by atoms with E-state index in [2.05, 4.69) is 18.0 Å². The molecule has 0 radical (unpaired) electrons. The van der Waals surface area contributed by atoms with Crippen LogP contribution in [0.3, 0.4) is 0 Å². The van der Waals surface area contributed by atoms with E-state index in [0.717, 1.165) is 0 Å². The fraction of sp³-hybridized carbons (Fsp3) is 0.625. The lowest BCUT2D eigenvalue weighted by Crippen LogP contribution is -1.99. The van der Waals surface area contributed by atoms with Crippen LogP contribution in [0.5, 0.6) is 0 Å². The second kappa shape index (κ2) is 3.44. The number of allylic oxidation sites excluding steroid dienone is 2. The zero-order valence-corrected chi connectivity index (χ0v) is 5.88. The molecule has 0 saturated heterocycles. The molecule has 1 atom stereocenters. The van der Waals surface area contributed by atoms with E-state index in [1.807, 2.05) is 12.3 Å². The van der Waals surface area contributed by atoms with Crippen molar-refractivity contribution in [2.24, 2.45) is 4.99 Å². The summed E-state index contributed by atoms with van der Waals surface area (Å²) < 4.78 is 0. The summed E-state index contributed by atoms with van der Waals surface area (Å²) in [7, 11) is 0. The van der Waals surface area contributed by atoms with Crippen LogP contribution in [0.1, 0.15) is 26.2 Å². The number of hydrogen-bond donors (Lipinski definition) is 0. The number of aliphatic imine (C=N–C) groups is 1. The maximum Gasteiger partial charge on any atom is 0.0499 e. The highest BCUT2D eigenvalue weighted by Gasteiger charge is 2.01. The van der Waals surface area contributed by atoms with Gasteiger partial charge < -0.3 is 0 Å². The molecule has 0 aromatic rings. The Morgan fingerprint density at radius 1 is 1.67 bits per heavy atom. The molecule has 0 amide bonds. The lowest BCUT2D eigenvalue weighted by Gasteiger charge is -2.03. The van der Waals surface area contributed by atoms with Crippen molar-refractivity contribution in [1.29, 1.82) is 0 Å². The normalized spacial score (nSPS) is 26.1. The molecule has 9 heavy (non-hydrogen) atoms. The first-order valence-corrected chi connectivity index (χ1v) is 3.61. The van der Waals surface area contributed by atoms with Crippen LogP contribution in [0.2, 0.25) is 0 Å². The summed E-state index contributed by atoms with van der Waals surface area (Å²) in [5, 5.41) is 0. The van der Waals surface area contributed by atoms with Gasteiger partial charge in [0.2, 0.25) is 0 Å². The molecule has 0 N–H and O–H groups in total. The molecule has 0 aromatic carbocycles. The molecule has 1 aliphatic heterocycles. The Bertz CT molecular complexity index is 125. The summed E-state index contributed by atoms with van der Waals surface area (Å²) in [5.74, 6) is 0. The van der Waals surface area contributed by atoms with E-state index in [1.165, 1.54) is 19.3 Å². The van der Waals surface area contributed by atoms with Crippen molar-refractivity contribution in [2.75, 3.05) is 0 Å². The molecule has 50 valence electrons. The quantitative estimate of drug-likeness (QED) is 0.506. The fourth-order valence-corrected chi connectivity index (χ4v) is 1.00. The van der Waals surface area contributed by atoms with E-state index in [-0.39, 0.29) is 0 Å². The smallest absolute Gasteiger partial charge is 0.0499 e. The Balaban J connectivity index is 2.41. The highest BCUT2D eigenvalue weighted by atomic mass is 14.8. The second-order valence-corrected chi connectivity index (χ2v) is 2.37. The highest BCUT2D eigenvalue weighted by Crippen LogP contribution is 2.08. The van der Waals surface area contributed by atoms with Crippen LogP contribution < -0.4 is 0 Å². The van der Waals surface area contributed by atoms with E-state index in [4.69, 9.17) is 0 Å². The molecule has 1 rings (SSSR count). The molecule has 0 fully saturated rings. The molecule has 0 saturated carbocycles. The molecular formula is C8H13N. The van der Waals surface area contributed by atoms with Gasteiger partial charge in [-0.2, -0.15) is 0 Å². The van der Waals surface area contributed by atoms with Gasteiger partial charge in [0.25, 0.3) is 0 Å². The van der Waals surface area contributed by atoms with Crippen molar-refractivity contribution < 1.29 is 0 Å². The van der Waals surface area contributed by atoms with E-state index in [9.17, 15) is 0 Å². The van der Waals surface area contributed by atoms with Crippen molar-refractivity contribution in [1.82, 2.24) is 0 Å². The summed E-state index contributed by atoms with van der Waals surface area (Å²) in [6.07, 6.45) is 9.73. The van der Waals surface area contributed by atoms with Gasteiger partial charge in [0.05, 0.1) is 0 Å². The van der Waals surface area contributed by atoms with Crippen molar-refractivity contribution in [3.8, 4) is 0 Å². The van der Waals surface area contributed by atoms with Gasteiger partial charge in [0.15, 0.2) is 0 Å². The Kier molecular flexibility index (Phi) is 2.49. The van der Waals surface area contributed by atoms with E-state index < -0.39 is 0 Å². The first kappa shape index (κ1) is 6.53. The van der Waals surface area contributed by atoms with Crippen LogP contribution in [0.25, 0.3) is 0 Å². The summed E-state index contributed by atoms with van der Waals surface area (Å²) in [6.45, 7) is 2.19. The van der Waals surface area contributed by atoms with Crippen molar-refractivity contribution in [3.05, 3.63) is 12.2 Å². The van der Waals surface area contributed by atoms with Crippen molar-refractivity contribution >= 4 is 6.21 Å². The molecule has 0 aromatic heterocycles. The minimum Gasteiger partial charge on any atom is -0.290 e. The van der Waals surface area contributed by atoms with Crippen molar-refractivity contribution in [3.63, 3.8) is 0 Å². The standard InChI is InChI=1S/C8H13N/c1-2-8-6-4-3-5-7-9-8/h3,5,7-8H,2,4,6H2,1H3. The van der Waals surface area contributed by atoms with Gasteiger partial charge in [-0.1, -0.05) is 13.0 Å². The average molecular weight is 123 g/mol. The van der Waals surface area contributed by atoms with Crippen LogP contribution in [0, 0.1) is 0 Å². The third kappa shape index (κ3) is 2.00. The molecular weight excluding hydrogens is 110 g/mol. The number of rotatable bonds is 1. The first-order valence-electron chi connectivity index (χ1n) is 3.61. The molecule has 1 aliphatic rings. The average Bonchev–Trinajstić information content (AvgIpc) is 2.13. The number of nitrogens with zero attached hydrogens (tertiary/aromatic N) is 1. The maximum atomic E-state index is 4.33. The summed E-state index contributed by atoms with van der Waals surface area (Å²) in [6, 6.07) is 0.583. The SMILES string of the molecule is CCC1CCC=CC=N1. The molecule has 1 unspecified atom stereocenters. The number of hydrogen-bond acceptors (Lipinski definition) is 1. The van der Waals surface area contributed by atoms with Crippen LogP contribution in [0.15, 0.2) is 17.1 Å². The van der Waals surface area contributed by atoms with Gasteiger partial charge >= 0.3 is 0 Å². The van der Waals surface area contributed by atoms with Crippen LogP contribution in [-0.2, 0) is 0 Å². The highest BCUT2D eigenvalue weighted by molar-refractivity contribution is 5.71. The van der Waals surface area contributed by atoms with Crippen LogP contribution >= 0.6 is 0 Å². The Morgan fingerprint density at radius 2 is 2.56 bits per heavy atom. The second-order valence-electron chi connectivity index (χ2n) is 2.37. The molecule has 0 bridgehead atoms. The maximum absolute atomic E-state index is 4.33. The molecule has 0 aliphatic carbocycles. The molecule has 0 spiro atoms. The van der Waals surface area contributed by atoms with Crippen LogP contribution in [-0.4, -0.2) is 12.3 Å². The Hall–Kier alpha value is -0.590. The first-order chi connectivity index (χ1) is 4.43. The predicted octanol–water partition coefficient (Wildman–Crippen LogP) is 2.19. The van der Waals surface area contributed by atoms with Crippen molar-refractivity contribution in [2.45, 2.75) is 32.2 Å². The summed E-state index contributed by atoms with van der Waals surface area (Å²) in [4.78, 5) is 4.33. The van der Waals surface area contributed by atoms with Crippen LogP contribution in [0.4, 0.5) is 0 Å². The molecule has 1 nitrogen and oxygen atoms in total. The fourth-order valence-electron chi connectivity index (χ4n) is 1.00. The van der Waals surface area contributed by atoms with Gasteiger partial charge in [-0.05, 0) is 25.3 Å². The van der Waals surface area contributed by atoms with E-state index in [1.54, 1.807) is 0 Å². The topological polar surface area (TPSA) is 12.4 Å². The predicted molar refractivity (Wildman–Crippen MR) is 40.9 cm³/mol. The lowest BCUT2D eigenvalue weighted by atomic mass is 10.1. The lowest BCUT2D eigenvalue weighted by molar-refractivity contribution is 0.611. The van der Waals surface area contributed by atoms with Gasteiger partial charge in [-0.15, -0.1) is 0 Å². The van der Waals surface area contributed by atoms with E-state index in [0.29, 0.717) is 6.04 Å². The van der Waals surface area contributed by atoms with Gasteiger partial charge in [0, 0.05) is 12.3 Å². The zero-order chi connectivity index (χ0) is 6.53. The largest absolute Gasteiger partial charge is 0.290 e.